The first-order chi connectivity index (χ1) is 8.92. The Morgan fingerprint density at radius 3 is 2.74 bits per heavy atom. The number of carboxylic acid groups (broad SMARTS) is 1. The van der Waals surface area contributed by atoms with Crippen molar-refractivity contribution in [2.45, 2.75) is 24.5 Å². The van der Waals surface area contributed by atoms with E-state index in [4.69, 9.17) is 16.7 Å². The average Bonchev–Trinajstić information content (AvgIpc) is 2.80. The van der Waals surface area contributed by atoms with Crippen LogP contribution in [-0.2, 0) is 4.79 Å². The van der Waals surface area contributed by atoms with Gasteiger partial charge in [-0.3, -0.25) is 4.79 Å². The maximum atomic E-state index is 12.2. The zero-order chi connectivity index (χ0) is 14.0. The lowest BCUT2D eigenvalue weighted by molar-refractivity contribution is -0.118. The molecular weight excluding hydrogens is 286 g/mol. The Bertz CT molecular complexity index is 527. The van der Waals surface area contributed by atoms with E-state index in [1.807, 2.05) is 6.92 Å². The third-order valence-electron chi connectivity index (χ3n) is 3.16. The zero-order valence-electron chi connectivity index (χ0n) is 10.4. The molecular formula is C13H14ClNO3S. The van der Waals surface area contributed by atoms with Gasteiger partial charge >= 0.3 is 5.97 Å². The van der Waals surface area contributed by atoms with E-state index in [9.17, 15) is 9.59 Å². The van der Waals surface area contributed by atoms with E-state index in [2.05, 4.69) is 5.32 Å². The van der Waals surface area contributed by atoms with Gasteiger partial charge < -0.3 is 10.4 Å². The fourth-order valence-corrected chi connectivity index (χ4v) is 3.40. The molecule has 1 saturated heterocycles. The first-order valence-electron chi connectivity index (χ1n) is 5.91. The van der Waals surface area contributed by atoms with Crippen LogP contribution in [0.4, 0.5) is 5.69 Å². The number of carboxylic acids is 1. The van der Waals surface area contributed by atoms with E-state index in [-0.39, 0.29) is 16.5 Å². The summed E-state index contributed by atoms with van der Waals surface area (Å²) in [6.07, 6.45) is 1.87. The van der Waals surface area contributed by atoms with Crippen LogP contribution in [0.15, 0.2) is 18.2 Å². The standard InChI is InChI=1S/C13H14ClNO3S/c1-13(5-2-6-19-13)12(18)15-10-4-3-8(11(16)17)7-9(10)14/h3-4,7H,2,5-6H2,1H3,(H,15,18)(H,16,17). The third kappa shape index (κ3) is 3.04. The average molecular weight is 300 g/mol. The van der Waals surface area contributed by atoms with E-state index in [1.165, 1.54) is 18.2 Å². The summed E-state index contributed by atoms with van der Waals surface area (Å²) in [5.41, 5.74) is 0.551. The van der Waals surface area contributed by atoms with Crippen molar-refractivity contribution in [3.63, 3.8) is 0 Å². The van der Waals surface area contributed by atoms with Gasteiger partial charge in [0.2, 0.25) is 5.91 Å². The quantitative estimate of drug-likeness (QED) is 0.899. The normalized spacial score (nSPS) is 22.2. The Kier molecular flexibility index (Phi) is 4.06. The molecule has 2 N–H and O–H groups in total. The van der Waals surface area contributed by atoms with E-state index < -0.39 is 10.7 Å². The second-order valence-corrected chi connectivity index (χ2v) is 6.64. The molecule has 2 rings (SSSR count). The number of anilines is 1. The number of benzene rings is 1. The number of hydrogen-bond acceptors (Lipinski definition) is 3. The minimum atomic E-state index is -1.04. The summed E-state index contributed by atoms with van der Waals surface area (Å²) in [6, 6.07) is 4.28. The molecule has 0 saturated carbocycles. The number of rotatable bonds is 3. The highest BCUT2D eigenvalue weighted by atomic mass is 35.5. The van der Waals surface area contributed by atoms with Crippen LogP contribution in [0.25, 0.3) is 0 Å². The number of halogens is 1. The maximum absolute atomic E-state index is 12.2. The maximum Gasteiger partial charge on any atom is 0.335 e. The number of amides is 1. The third-order valence-corrected chi connectivity index (χ3v) is 5.00. The lowest BCUT2D eigenvalue weighted by atomic mass is 10.0. The first-order valence-corrected chi connectivity index (χ1v) is 7.27. The van der Waals surface area contributed by atoms with Crippen molar-refractivity contribution in [1.82, 2.24) is 0 Å². The predicted octanol–water partition coefficient (Wildman–Crippen LogP) is 3.26. The van der Waals surface area contributed by atoms with Crippen molar-refractivity contribution in [1.29, 1.82) is 0 Å². The molecule has 6 heteroatoms. The molecule has 1 aliphatic rings. The van der Waals surface area contributed by atoms with Crippen molar-refractivity contribution in [2.24, 2.45) is 0 Å². The summed E-state index contributed by atoms with van der Waals surface area (Å²) in [4.78, 5) is 23.0. The number of hydrogen-bond donors (Lipinski definition) is 2. The van der Waals surface area contributed by atoms with Crippen LogP contribution in [-0.4, -0.2) is 27.5 Å². The van der Waals surface area contributed by atoms with Gasteiger partial charge in [-0.2, -0.15) is 0 Å². The van der Waals surface area contributed by atoms with Gasteiger partial charge in [-0.1, -0.05) is 11.6 Å². The topological polar surface area (TPSA) is 66.4 Å². The van der Waals surface area contributed by atoms with Crippen molar-refractivity contribution < 1.29 is 14.7 Å². The molecule has 19 heavy (non-hydrogen) atoms. The molecule has 102 valence electrons. The molecule has 1 aromatic rings. The molecule has 1 fully saturated rings. The molecule has 4 nitrogen and oxygen atoms in total. The molecule has 1 unspecified atom stereocenters. The van der Waals surface area contributed by atoms with Crippen molar-refractivity contribution >= 4 is 40.9 Å². The minimum absolute atomic E-state index is 0.0834. The van der Waals surface area contributed by atoms with Crippen molar-refractivity contribution in [3.8, 4) is 0 Å². The van der Waals surface area contributed by atoms with Crippen LogP contribution in [0.1, 0.15) is 30.1 Å². The second kappa shape index (κ2) is 5.43. The highest BCUT2D eigenvalue weighted by Crippen LogP contribution is 2.39. The molecule has 1 atom stereocenters. The number of carbonyl (C=O) groups excluding carboxylic acids is 1. The van der Waals surface area contributed by atoms with Crippen LogP contribution in [0, 0.1) is 0 Å². The van der Waals surface area contributed by atoms with E-state index >= 15 is 0 Å². The lowest BCUT2D eigenvalue weighted by Gasteiger charge is -2.21. The molecule has 1 aromatic carbocycles. The van der Waals surface area contributed by atoms with Crippen LogP contribution in [0.2, 0.25) is 5.02 Å². The van der Waals surface area contributed by atoms with Gasteiger partial charge in [0.25, 0.3) is 0 Å². The van der Waals surface area contributed by atoms with E-state index in [0.29, 0.717) is 5.69 Å². The van der Waals surface area contributed by atoms with Gasteiger partial charge in [0, 0.05) is 0 Å². The Hall–Kier alpha value is -1.20. The van der Waals surface area contributed by atoms with Gasteiger partial charge in [-0.05, 0) is 43.7 Å². The summed E-state index contributed by atoms with van der Waals surface area (Å²) in [6.45, 7) is 1.92. The van der Waals surface area contributed by atoms with Crippen LogP contribution >= 0.6 is 23.4 Å². The summed E-state index contributed by atoms with van der Waals surface area (Å²) >= 11 is 7.62. The van der Waals surface area contributed by atoms with Crippen LogP contribution in [0.3, 0.4) is 0 Å². The molecule has 1 amide bonds. The molecule has 0 radical (unpaired) electrons. The number of thioether (sulfide) groups is 1. The Morgan fingerprint density at radius 1 is 1.47 bits per heavy atom. The fourth-order valence-electron chi connectivity index (χ4n) is 1.96. The molecule has 0 aromatic heterocycles. The molecule has 1 heterocycles. The van der Waals surface area contributed by atoms with Crippen molar-refractivity contribution in [2.75, 3.05) is 11.1 Å². The lowest BCUT2D eigenvalue weighted by Crippen LogP contribution is -2.34. The number of aromatic carboxylic acids is 1. The smallest absolute Gasteiger partial charge is 0.335 e. The van der Waals surface area contributed by atoms with Crippen LogP contribution in [0.5, 0.6) is 0 Å². The molecule has 0 aliphatic carbocycles. The van der Waals surface area contributed by atoms with Crippen LogP contribution < -0.4 is 5.32 Å². The number of carbonyl (C=O) groups is 2. The zero-order valence-corrected chi connectivity index (χ0v) is 12.0. The Labute approximate surface area is 120 Å². The highest BCUT2D eigenvalue weighted by molar-refractivity contribution is 8.01. The predicted molar refractivity (Wildman–Crippen MR) is 77.1 cm³/mol. The Morgan fingerprint density at radius 2 is 2.21 bits per heavy atom. The van der Waals surface area contributed by atoms with Gasteiger partial charge in [-0.25, -0.2) is 4.79 Å². The highest BCUT2D eigenvalue weighted by Gasteiger charge is 2.37. The minimum Gasteiger partial charge on any atom is -0.478 e. The van der Waals surface area contributed by atoms with Crippen molar-refractivity contribution in [3.05, 3.63) is 28.8 Å². The summed E-state index contributed by atoms with van der Waals surface area (Å²) in [5, 5.41) is 11.9. The second-order valence-electron chi connectivity index (χ2n) is 4.64. The largest absolute Gasteiger partial charge is 0.478 e. The molecule has 0 spiro atoms. The van der Waals surface area contributed by atoms with Gasteiger partial charge in [-0.15, -0.1) is 11.8 Å². The van der Waals surface area contributed by atoms with E-state index in [1.54, 1.807) is 11.8 Å². The van der Waals surface area contributed by atoms with Gasteiger partial charge in [0.15, 0.2) is 0 Å². The number of nitrogens with one attached hydrogen (secondary N) is 1. The Balaban J connectivity index is 2.15. The van der Waals surface area contributed by atoms with Gasteiger partial charge in [0.05, 0.1) is 21.0 Å². The monoisotopic (exact) mass is 299 g/mol. The summed E-state index contributed by atoms with van der Waals surface area (Å²) in [7, 11) is 0. The summed E-state index contributed by atoms with van der Waals surface area (Å²) in [5.74, 6) is -0.145. The molecule has 1 aliphatic heterocycles. The molecule has 0 bridgehead atoms. The summed E-state index contributed by atoms with van der Waals surface area (Å²) < 4.78 is -0.422. The first kappa shape index (κ1) is 14.2. The van der Waals surface area contributed by atoms with E-state index in [0.717, 1.165) is 18.6 Å². The van der Waals surface area contributed by atoms with Gasteiger partial charge in [0.1, 0.15) is 0 Å². The fraction of sp³-hybridized carbons (Fsp3) is 0.385. The SMILES string of the molecule is CC1(C(=O)Nc2ccc(C(=O)O)cc2Cl)CCCS1.